The van der Waals surface area contributed by atoms with Crippen LogP contribution >= 0.6 is 35.7 Å². The van der Waals surface area contributed by atoms with E-state index in [-0.39, 0.29) is 24.0 Å². The molecular weight excluding hydrogens is 459 g/mol. The van der Waals surface area contributed by atoms with Gasteiger partial charge in [-0.05, 0) is 29.8 Å². The number of guanidine groups is 1. The van der Waals surface area contributed by atoms with Gasteiger partial charge in [-0.3, -0.25) is 0 Å². The minimum atomic E-state index is 0. The zero-order valence-corrected chi connectivity index (χ0v) is 18.0. The molecule has 0 atom stereocenters. The Balaban J connectivity index is 0.00000243. The normalized spacial score (nSPS) is 14.5. The highest BCUT2D eigenvalue weighted by Crippen LogP contribution is 2.20. The molecule has 0 aromatic heterocycles. The fourth-order valence-electron chi connectivity index (χ4n) is 2.70. The summed E-state index contributed by atoms with van der Waals surface area (Å²) < 4.78 is 5.20. The summed E-state index contributed by atoms with van der Waals surface area (Å²) in [6.45, 7) is 2.80. The maximum absolute atomic E-state index is 5.98. The molecule has 3 rings (SSSR count). The molecule has 2 aromatic rings. The van der Waals surface area contributed by atoms with Crippen molar-refractivity contribution in [2.24, 2.45) is 10.7 Å². The Labute approximate surface area is 176 Å². The molecule has 1 aliphatic heterocycles. The second-order valence-corrected chi connectivity index (χ2v) is 7.05. The second kappa shape index (κ2) is 10.5. The van der Waals surface area contributed by atoms with E-state index in [9.17, 15) is 0 Å². The number of ether oxygens (including phenoxy) is 1. The number of halogens is 1. The Kier molecular flexibility index (Phi) is 8.37. The molecule has 140 valence electrons. The van der Waals surface area contributed by atoms with Crippen molar-refractivity contribution >= 4 is 53.1 Å². The fraction of sp³-hybridized carbons (Fsp3) is 0.316. The average Bonchev–Trinajstić information content (AvgIpc) is 2.67. The van der Waals surface area contributed by atoms with E-state index in [2.05, 4.69) is 39.5 Å². The SMILES string of the molecule is COc1cccc(NC(N)=NCc2ccc(N3CCSCC3)cc2)c1.I. The molecule has 0 radical (unpaired) electrons. The molecule has 7 heteroatoms. The average molecular weight is 484 g/mol. The van der Waals surface area contributed by atoms with Crippen LogP contribution in [0, 0.1) is 0 Å². The lowest BCUT2D eigenvalue weighted by Crippen LogP contribution is -2.32. The van der Waals surface area contributed by atoms with Crippen LogP contribution in [0.1, 0.15) is 5.56 Å². The number of nitrogens with two attached hydrogens (primary N) is 1. The third kappa shape index (κ3) is 5.98. The number of hydrogen-bond donors (Lipinski definition) is 2. The summed E-state index contributed by atoms with van der Waals surface area (Å²) in [6.07, 6.45) is 0. The van der Waals surface area contributed by atoms with Gasteiger partial charge in [0.25, 0.3) is 0 Å². The van der Waals surface area contributed by atoms with Crippen LogP contribution in [-0.4, -0.2) is 37.7 Å². The van der Waals surface area contributed by atoms with Crippen LogP contribution in [0.4, 0.5) is 11.4 Å². The van der Waals surface area contributed by atoms with Crippen LogP contribution < -0.4 is 20.7 Å². The van der Waals surface area contributed by atoms with Crippen molar-refractivity contribution < 1.29 is 4.74 Å². The number of nitrogens with zero attached hydrogens (tertiary/aromatic N) is 2. The molecule has 0 amide bonds. The number of rotatable bonds is 5. The van der Waals surface area contributed by atoms with Gasteiger partial charge in [-0.25, -0.2) is 4.99 Å². The Hall–Kier alpha value is -1.61. The van der Waals surface area contributed by atoms with Crippen molar-refractivity contribution in [3.8, 4) is 5.75 Å². The van der Waals surface area contributed by atoms with Crippen molar-refractivity contribution in [2.45, 2.75) is 6.54 Å². The topological polar surface area (TPSA) is 62.9 Å². The summed E-state index contributed by atoms with van der Waals surface area (Å²) in [5.74, 6) is 3.59. The molecular formula is C19H25IN4OS. The van der Waals surface area contributed by atoms with Gasteiger partial charge in [-0.2, -0.15) is 11.8 Å². The highest BCUT2D eigenvalue weighted by Gasteiger charge is 2.10. The monoisotopic (exact) mass is 484 g/mol. The zero-order valence-electron chi connectivity index (χ0n) is 14.9. The molecule has 26 heavy (non-hydrogen) atoms. The maximum atomic E-state index is 5.98. The van der Waals surface area contributed by atoms with Gasteiger partial charge in [0.15, 0.2) is 5.96 Å². The van der Waals surface area contributed by atoms with Crippen LogP contribution in [0.25, 0.3) is 0 Å². The summed E-state index contributed by atoms with van der Waals surface area (Å²) in [5.41, 5.74) is 9.27. The summed E-state index contributed by atoms with van der Waals surface area (Å²) in [4.78, 5) is 6.85. The van der Waals surface area contributed by atoms with E-state index >= 15 is 0 Å². The van der Waals surface area contributed by atoms with Gasteiger partial charge in [0.1, 0.15) is 5.75 Å². The van der Waals surface area contributed by atoms with Crippen LogP contribution in [0.15, 0.2) is 53.5 Å². The lowest BCUT2D eigenvalue weighted by atomic mass is 10.2. The number of thioether (sulfide) groups is 1. The van der Waals surface area contributed by atoms with Crippen LogP contribution in [0.3, 0.4) is 0 Å². The molecule has 3 N–H and O–H groups in total. The Morgan fingerprint density at radius 3 is 2.62 bits per heavy atom. The molecule has 0 saturated carbocycles. The van der Waals surface area contributed by atoms with Gasteiger partial charge in [0.05, 0.1) is 13.7 Å². The molecule has 0 bridgehead atoms. The Morgan fingerprint density at radius 1 is 1.19 bits per heavy atom. The largest absolute Gasteiger partial charge is 0.497 e. The number of hydrogen-bond acceptors (Lipinski definition) is 4. The quantitative estimate of drug-likeness (QED) is 0.384. The molecule has 0 aliphatic carbocycles. The molecule has 1 saturated heterocycles. The number of nitrogens with one attached hydrogen (secondary N) is 1. The van der Waals surface area contributed by atoms with Crippen LogP contribution in [0.2, 0.25) is 0 Å². The number of benzene rings is 2. The smallest absolute Gasteiger partial charge is 0.193 e. The molecule has 0 unspecified atom stereocenters. The summed E-state index contributed by atoms with van der Waals surface area (Å²) in [6, 6.07) is 16.2. The van der Waals surface area contributed by atoms with E-state index in [0.717, 1.165) is 30.1 Å². The van der Waals surface area contributed by atoms with Gasteiger partial charge >= 0.3 is 0 Å². The highest BCUT2D eigenvalue weighted by atomic mass is 127. The van der Waals surface area contributed by atoms with Crippen molar-refractivity contribution in [1.29, 1.82) is 0 Å². The first-order valence-electron chi connectivity index (χ1n) is 8.37. The van der Waals surface area contributed by atoms with E-state index in [1.54, 1.807) is 7.11 Å². The Morgan fingerprint density at radius 2 is 1.92 bits per heavy atom. The maximum Gasteiger partial charge on any atom is 0.193 e. The van der Waals surface area contributed by atoms with Crippen LogP contribution in [-0.2, 0) is 6.54 Å². The third-order valence-electron chi connectivity index (χ3n) is 4.09. The number of aliphatic imine (C=N–C) groups is 1. The Bertz CT molecular complexity index is 718. The predicted molar refractivity (Wildman–Crippen MR) is 123 cm³/mol. The minimum absolute atomic E-state index is 0. The fourth-order valence-corrected chi connectivity index (χ4v) is 3.60. The van der Waals surface area contributed by atoms with Crippen molar-refractivity contribution in [3.05, 3.63) is 54.1 Å². The zero-order chi connectivity index (χ0) is 17.5. The summed E-state index contributed by atoms with van der Waals surface area (Å²) in [7, 11) is 1.64. The number of methoxy groups -OCH3 is 1. The molecule has 2 aromatic carbocycles. The first-order valence-corrected chi connectivity index (χ1v) is 9.53. The minimum Gasteiger partial charge on any atom is -0.497 e. The van der Waals surface area contributed by atoms with E-state index in [0.29, 0.717) is 12.5 Å². The molecule has 0 spiro atoms. The first-order chi connectivity index (χ1) is 12.2. The summed E-state index contributed by atoms with van der Waals surface area (Å²) >= 11 is 2.02. The predicted octanol–water partition coefficient (Wildman–Crippen LogP) is 3.79. The standard InChI is InChI=1S/C19H24N4OS.HI/c1-24-18-4-2-3-16(13-18)22-19(20)21-14-15-5-7-17(8-6-15)23-9-11-25-12-10-23;/h2-8,13H,9-12,14H2,1H3,(H3,20,21,22);1H. The molecule has 1 heterocycles. The van der Waals surface area contributed by atoms with Crippen molar-refractivity contribution in [2.75, 3.05) is 41.9 Å². The van der Waals surface area contributed by atoms with Gasteiger partial charge in [0, 0.05) is 42.0 Å². The van der Waals surface area contributed by atoms with Gasteiger partial charge in [0.2, 0.25) is 0 Å². The van der Waals surface area contributed by atoms with Crippen molar-refractivity contribution in [3.63, 3.8) is 0 Å². The van der Waals surface area contributed by atoms with Gasteiger partial charge < -0.3 is 20.7 Å². The van der Waals surface area contributed by atoms with E-state index < -0.39 is 0 Å². The summed E-state index contributed by atoms with van der Waals surface area (Å²) in [5, 5.41) is 3.09. The lowest BCUT2D eigenvalue weighted by Gasteiger charge is -2.28. The van der Waals surface area contributed by atoms with Gasteiger partial charge in [-0.1, -0.05) is 18.2 Å². The number of anilines is 2. The molecule has 1 aliphatic rings. The first kappa shape index (κ1) is 20.7. The van der Waals surface area contributed by atoms with E-state index in [4.69, 9.17) is 10.5 Å². The second-order valence-electron chi connectivity index (χ2n) is 5.82. The molecule has 5 nitrogen and oxygen atoms in total. The van der Waals surface area contributed by atoms with E-state index in [1.165, 1.54) is 17.2 Å². The molecule has 1 fully saturated rings. The van der Waals surface area contributed by atoms with Crippen molar-refractivity contribution in [1.82, 2.24) is 0 Å². The highest BCUT2D eigenvalue weighted by molar-refractivity contribution is 14.0. The van der Waals surface area contributed by atoms with Gasteiger partial charge in [-0.15, -0.1) is 24.0 Å². The van der Waals surface area contributed by atoms with Crippen LogP contribution in [0.5, 0.6) is 5.75 Å². The van der Waals surface area contributed by atoms with E-state index in [1.807, 2.05) is 36.0 Å². The third-order valence-corrected chi connectivity index (χ3v) is 5.03. The lowest BCUT2D eigenvalue weighted by molar-refractivity contribution is 0.415.